The SMILES string of the molecule is C=CCn1c(SCC(=O)Nc2sc(C(=O)OCC)c(C)c2C(=O)OCC)nnc1-c1ccc(C(C)(C)C)cc1. The number of thiophene rings is 1. The number of thioether (sulfide) groups is 1. The standard InChI is InChI=1S/C28H34N4O5S2/c1-8-15-32-23(18-11-13-19(14-12-18)28(5,6)7)30-31-27(32)38-16-20(33)29-24-21(25(34)36-9-2)17(4)22(39-24)26(35)37-10-3/h8,11-14H,1,9-10,15-16H2,2-7H3,(H,29,33). The fraction of sp³-hybridized carbons (Fsp3) is 0.393. The number of nitrogens with one attached hydrogen (secondary N) is 1. The average molecular weight is 571 g/mol. The first-order valence-electron chi connectivity index (χ1n) is 12.6. The number of amides is 1. The largest absolute Gasteiger partial charge is 0.462 e. The number of benzene rings is 1. The molecule has 11 heteroatoms. The molecule has 0 unspecified atom stereocenters. The molecule has 3 aromatic rings. The van der Waals surface area contributed by atoms with Gasteiger partial charge in [0.15, 0.2) is 11.0 Å². The highest BCUT2D eigenvalue weighted by Crippen LogP contribution is 2.35. The third kappa shape index (κ3) is 7.15. The van der Waals surface area contributed by atoms with E-state index in [1.807, 2.05) is 16.7 Å². The summed E-state index contributed by atoms with van der Waals surface area (Å²) < 4.78 is 12.2. The number of carbonyl (C=O) groups is 3. The van der Waals surface area contributed by atoms with Crippen molar-refractivity contribution in [2.75, 3.05) is 24.3 Å². The molecule has 208 valence electrons. The summed E-state index contributed by atoms with van der Waals surface area (Å²) in [6.07, 6.45) is 1.75. The third-order valence-electron chi connectivity index (χ3n) is 5.71. The second-order valence-corrected chi connectivity index (χ2v) is 11.5. The van der Waals surface area contributed by atoms with Crippen LogP contribution >= 0.6 is 23.1 Å². The van der Waals surface area contributed by atoms with E-state index >= 15 is 0 Å². The maximum Gasteiger partial charge on any atom is 0.348 e. The number of anilines is 1. The van der Waals surface area contributed by atoms with Gasteiger partial charge < -0.3 is 14.8 Å². The van der Waals surface area contributed by atoms with Crippen molar-refractivity contribution in [1.29, 1.82) is 0 Å². The summed E-state index contributed by atoms with van der Waals surface area (Å²) in [6.45, 7) is 16.2. The van der Waals surface area contributed by atoms with Gasteiger partial charge in [-0.2, -0.15) is 0 Å². The highest BCUT2D eigenvalue weighted by atomic mass is 32.2. The summed E-state index contributed by atoms with van der Waals surface area (Å²) in [5.41, 5.74) is 2.72. The molecule has 0 spiro atoms. The maximum absolute atomic E-state index is 12.9. The molecule has 0 aliphatic heterocycles. The molecule has 1 aromatic carbocycles. The summed E-state index contributed by atoms with van der Waals surface area (Å²) in [7, 11) is 0. The molecule has 0 saturated heterocycles. The molecule has 0 aliphatic rings. The Morgan fingerprint density at radius 1 is 1.08 bits per heavy atom. The van der Waals surface area contributed by atoms with E-state index in [4.69, 9.17) is 9.47 Å². The molecule has 1 N–H and O–H groups in total. The molecule has 2 aromatic heterocycles. The Labute approximate surface area is 237 Å². The first-order chi connectivity index (χ1) is 18.5. The zero-order chi connectivity index (χ0) is 28.7. The van der Waals surface area contributed by atoms with Crippen molar-refractivity contribution < 1.29 is 23.9 Å². The predicted octanol–water partition coefficient (Wildman–Crippen LogP) is 5.88. The molecule has 1 amide bonds. The monoisotopic (exact) mass is 570 g/mol. The van der Waals surface area contributed by atoms with Crippen molar-refractivity contribution in [2.45, 2.75) is 58.7 Å². The first-order valence-corrected chi connectivity index (χ1v) is 14.4. The van der Waals surface area contributed by atoms with Gasteiger partial charge in [-0.1, -0.05) is 62.9 Å². The number of hydrogen-bond acceptors (Lipinski definition) is 9. The van der Waals surface area contributed by atoms with E-state index in [0.29, 0.717) is 23.1 Å². The summed E-state index contributed by atoms with van der Waals surface area (Å²) in [6, 6.07) is 8.19. The Morgan fingerprint density at radius 3 is 2.31 bits per heavy atom. The van der Waals surface area contributed by atoms with Gasteiger partial charge in [0, 0.05) is 12.1 Å². The molecule has 0 saturated carbocycles. The van der Waals surface area contributed by atoms with Crippen LogP contribution in [0.1, 0.15) is 65.8 Å². The van der Waals surface area contributed by atoms with Crippen LogP contribution in [0.15, 0.2) is 42.1 Å². The molecule has 9 nitrogen and oxygen atoms in total. The van der Waals surface area contributed by atoms with Gasteiger partial charge in [0.25, 0.3) is 0 Å². The van der Waals surface area contributed by atoms with Crippen LogP contribution < -0.4 is 5.32 Å². The third-order valence-corrected chi connectivity index (χ3v) is 7.86. The van der Waals surface area contributed by atoms with Crippen LogP contribution in [0, 0.1) is 6.92 Å². The van der Waals surface area contributed by atoms with Crippen LogP contribution in [0.25, 0.3) is 11.4 Å². The minimum Gasteiger partial charge on any atom is -0.462 e. The average Bonchev–Trinajstić information content (AvgIpc) is 3.43. The van der Waals surface area contributed by atoms with Gasteiger partial charge in [-0.15, -0.1) is 28.1 Å². The molecule has 0 radical (unpaired) electrons. The van der Waals surface area contributed by atoms with E-state index in [2.05, 4.69) is 55.0 Å². The highest BCUT2D eigenvalue weighted by Gasteiger charge is 2.27. The second-order valence-electron chi connectivity index (χ2n) is 9.57. The van der Waals surface area contributed by atoms with Crippen LogP contribution in [0.4, 0.5) is 5.00 Å². The number of carbonyl (C=O) groups excluding carboxylic acids is 3. The van der Waals surface area contributed by atoms with Gasteiger partial charge in [-0.3, -0.25) is 9.36 Å². The van der Waals surface area contributed by atoms with Crippen molar-refractivity contribution in [2.24, 2.45) is 0 Å². The molecule has 39 heavy (non-hydrogen) atoms. The van der Waals surface area contributed by atoms with E-state index in [9.17, 15) is 14.4 Å². The fourth-order valence-corrected chi connectivity index (χ4v) is 5.61. The summed E-state index contributed by atoms with van der Waals surface area (Å²) >= 11 is 2.20. The number of ether oxygens (including phenoxy) is 2. The molecular weight excluding hydrogens is 536 g/mol. The van der Waals surface area contributed by atoms with Crippen LogP contribution in [-0.4, -0.2) is 51.6 Å². The molecule has 0 bridgehead atoms. The molecule has 2 heterocycles. The lowest BCUT2D eigenvalue weighted by Gasteiger charge is -2.19. The van der Waals surface area contributed by atoms with E-state index in [0.717, 1.165) is 16.9 Å². The lowest BCUT2D eigenvalue weighted by molar-refractivity contribution is -0.113. The lowest BCUT2D eigenvalue weighted by atomic mass is 9.87. The number of allylic oxidation sites excluding steroid dienone is 1. The zero-order valence-electron chi connectivity index (χ0n) is 23.1. The zero-order valence-corrected chi connectivity index (χ0v) is 24.8. The molecular formula is C28H34N4O5S2. The molecule has 0 fully saturated rings. The highest BCUT2D eigenvalue weighted by molar-refractivity contribution is 7.99. The van der Waals surface area contributed by atoms with Crippen molar-refractivity contribution in [3.05, 3.63) is 58.5 Å². The minimum absolute atomic E-state index is 0.00614. The van der Waals surface area contributed by atoms with Crippen molar-refractivity contribution >= 4 is 45.9 Å². The smallest absolute Gasteiger partial charge is 0.348 e. The van der Waals surface area contributed by atoms with Crippen molar-refractivity contribution in [3.8, 4) is 11.4 Å². The van der Waals surface area contributed by atoms with Gasteiger partial charge in [-0.25, -0.2) is 9.59 Å². The second kappa shape index (κ2) is 13.1. The summed E-state index contributed by atoms with van der Waals surface area (Å²) in [5.74, 6) is -0.854. The molecule has 0 atom stereocenters. The Bertz CT molecular complexity index is 1350. The van der Waals surface area contributed by atoms with E-state index < -0.39 is 11.9 Å². The molecule has 3 rings (SSSR count). The number of hydrogen-bond donors (Lipinski definition) is 1. The molecule has 0 aliphatic carbocycles. The van der Waals surface area contributed by atoms with Crippen LogP contribution in [-0.2, 0) is 26.2 Å². The number of esters is 2. The lowest BCUT2D eigenvalue weighted by Crippen LogP contribution is -2.17. The predicted molar refractivity (Wildman–Crippen MR) is 155 cm³/mol. The minimum atomic E-state index is -0.613. The maximum atomic E-state index is 12.9. The first kappa shape index (κ1) is 30.1. The summed E-state index contributed by atoms with van der Waals surface area (Å²) in [4.78, 5) is 38.2. The normalized spacial score (nSPS) is 11.2. The van der Waals surface area contributed by atoms with Crippen molar-refractivity contribution in [3.63, 3.8) is 0 Å². The number of aromatic nitrogens is 3. The van der Waals surface area contributed by atoms with Gasteiger partial charge in [0.1, 0.15) is 9.88 Å². The Kier molecular flexibility index (Phi) is 10.1. The number of rotatable bonds is 11. The Balaban J connectivity index is 1.80. The van der Waals surface area contributed by atoms with Gasteiger partial charge in [0.05, 0.1) is 24.5 Å². The van der Waals surface area contributed by atoms with Crippen LogP contribution in [0.3, 0.4) is 0 Å². The van der Waals surface area contributed by atoms with Gasteiger partial charge in [0.2, 0.25) is 5.91 Å². The number of nitrogens with zero attached hydrogens (tertiary/aromatic N) is 3. The summed E-state index contributed by atoms with van der Waals surface area (Å²) in [5, 5.41) is 12.2. The van der Waals surface area contributed by atoms with Gasteiger partial charge in [-0.05, 0) is 37.3 Å². The van der Waals surface area contributed by atoms with Crippen molar-refractivity contribution in [1.82, 2.24) is 14.8 Å². The van der Waals surface area contributed by atoms with E-state index in [1.54, 1.807) is 26.8 Å². The van der Waals surface area contributed by atoms with Crippen LogP contribution in [0.5, 0.6) is 0 Å². The van der Waals surface area contributed by atoms with Crippen LogP contribution in [0.2, 0.25) is 0 Å². The van der Waals surface area contributed by atoms with E-state index in [1.165, 1.54) is 17.3 Å². The van der Waals surface area contributed by atoms with E-state index in [-0.39, 0.29) is 45.7 Å². The van der Waals surface area contributed by atoms with Gasteiger partial charge >= 0.3 is 11.9 Å². The quantitative estimate of drug-likeness (QED) is 0.173. The fourth-order valence-electron chi connectivity index (χ4n) is 3.76. The Hall–Kier alpha value is -3.44. The topological polar surface area (TPSA) is 112 Å². The Morgan fingerprint density at radius 2 is 1.72 bits per heavy atom.